The number of aliphatic hydroxyl groups is 3. The Balaban J connectivity index is 3.69. The summed E-state index contributed by atoms with van der Waals surface area (Å²) in [4.78, 5) is 12.4. The number of rotatable bonds is 42. The Kier molecular flexibility index (Phi) is 42.1. The molecule has 0 saturated carbocycles. The van der Waals surface area contributed by atoms with Crippen LogP contribution in [0.15, 0.2) is 36.5 Å². The van der Waals surface area contributed by atoms with Crippen LogP contribution in [0.5, 0.6) is 0 Å². The fraction of sp³-hybridized carbons (Fsp3) is 0.854. The molecule has 3 atom stereocenters. The maximum Gasteiger partial charge on any atom is 0.220 e. The Morgan fingerprint density at radius 3 is 1.15 bits per heavy atom. The third kappa shape index (κ3) is 38.6. The zero-order chi connectivity index (χ0) is 38.7. The van der Waals surface area contributed by atoms with Crippen molar-refractivity contribution in [1.82, 2.24) is 5.32 Å². The summed E-state index contributed by atoms with van der Waals surface area (Å²) in [6, 6.07) is -0.836. The summed E-state index contributed by atoms with van der Waals surface area (Å²) in [6.07, 6.45) is 54.0. The van der Waals surface area contributed by atoms with Crippen molar-refractivity contribution in [3.05, 3.63) is 36.5 Å². The lowest BCUT2D eigenvalue weighted by atomic mass is 10.0. The molecule has 0 saturated heterocycles. The van der Waals surface area contributed by atoms with E-state index in [2.05, 4.69) is 55.6 Å². The number of hydrogen-bond donors (Lipinski definition) is 4. The van der Waals surface area contributed by atoms with Gasteiger partial charge in [-0.15, -0.1) is 0 Å². The average Bonchev–Trinajstić information content (AvgIpc) is 3.16. The highest BCUT2D eigenvalue weighted by molar-refractivity contribution is 5.76. The number of aliphatic hydroxyl groups excluding tert-OH is 3. The van der Waals surface area contributed by atoms with Crippen molar-refractivity contribution in [2.45, 2.75) is 257 Å². The van der Waals surface area contributed by atoms with Crippen LogP contribution in [0.4, 0.5) is 0 Å². The second-order valence-electron chi connectivity index (χ2n) is 15.9. The molecule has 0 fully saturated rings. The van der Waals surface area contributed by atoms with Crippen molar-refractivity contribution < 1.29 is 20.1 Å². The van der Waals surface area contributed by atoms with Crippen LogP contribution in [0.25, 0.3) is 0 Å². The standard InChI is InChI=1S/C48H91NO4/c1-3-5-7-9-11-13-15-17-19-21-23-24-25-26-28-30-32-34-36-38-40-42-46(51)48(53)45(44-50)49-47(52)43-41-39-37-35-33-31-29-27-22-20-18-16-14-12-10-8-6-4-2/h26-29,34,36,45-46,48,50-51,53H,3-25,30-33,35,37-44H2,1-2H3,(H,49,52)/b28-26+,29-27-,36-34+. The van der Waals surface area contributed by atoms with E-state index in [9.17, 15) is 20.1 Å². The van der Waals surface area contributed by atoms with Crippen LogP contribution in [0.1, 0.15) is 239 Å². The summed E-state index contributed by atoms with van der Waals surface area (Å²) in [6.45, 7) is 4.17. The lowest BCUT2D eigenvalue weighted by molar-refractivity contribution is -0.124. The molecule has 312 valence electrons. The second-order valence-corrected chi connectivity index (χ2v) is 15.9. The first-order valence-corrected chi connectivity index (χ1v) is 23.3. The normalized spacial score (nSPS) is 13.8. The second kappa shape index (κ2) is 43.3. The number of carbonyl (C=O) groups is 1. The first-order valence-electron chi connectivity index (χ1n) is 23.3. The Hall–Kier alpha value is -1.43. The van der Waals surface area contributed by atoms with Gasteiger partial charge in [0.1, 0.15) is 6.10 Å². The SMILES string of the molecule is CCCCCCCCCCC/C=C\CCCCCCCC(=O)NC(CO)C(O)C(O)CCC/C=C/CC/C=C/CCCCCCCCCCCCCC. The maximum atomic E-state index is 12.4. The average molecular weight is 746 g/mol. The van der Waals surface area contributed by atoms with Gasteiger partial charge in [-0.2, -0.15) is 0 Å². The lowest BCUT2D eigenvalue weighted by Crippen LogP contribution is -2.50. The van der Waals surface area contributed by atoms with Gasteiger partial charge >= 0.3 is 0 Å². The molecule has 0 aliphatic heterocycles. The highest BCUT2D eigenvalue weighted by Crippen LogP contribution is 2.15. The van der Waals surface area contributed by atoms with Gasteiger partial charge in [0, 0.05) is 6.42 Å². The third-order valence-corrected chi connectivity index (χ3v) is 10.7. The van der Waals surface area contributed by atoms with Crippen LogP contribution in [-0.4, -0.2) is 46.1 Å². The van der Waals surface area contributed by atoms with Gasteiger partial charge in [0.15, 0.2) is 0 Å². The molecule has 53 heavy (non-hydrogen) atoms. The Bertz CT molecular complexity index is 824. The van der Waals surface area contributed by atoms with Crippen LogP contribution in [0.2, 0.25) is 0 Å². The molecular weight excluding hydrogens is 655 g/mol. The Morgan fingerprint density at radius 1 is 0.453 bits per heavy atom. The highest BCUT2D eigenvalue weighted by atomic mass is 16.3. The van der Waals surface area contributed by atoms with Gasteiger partial charge in [0.05, 0.1) is 18.8 Å². The first kappa shape index (κ1) is 51.6. The molecule has 0 aliphatic rings. The fourth-order valence-corrected chi connectivity index (χ4v) is 7.06. The first-order chi connectivity index (χ1) is 26.1. The van der Waals surface area contributed by atoms with Gasteiger partial charge in [-0.1, -0.05) is 192 Å². The topological polar surface area (TPSA) is 89.8 Å². The zero-order valence-electron chi connectivity index (χ0n) is 35.4. The van der Waals surface area contributed by atoms with Crippen LogP contribution in [0.3, 0.4) is 0 Å². The predicted molar refractivity (Wildman–Crippen MR) is 231 cm³/mol. The van der Waals surface area contributed by atoms with Crippen LogP contribution in [-0.2, 0) is 4.79 Å². The van der Waals surface area contributed by atoms with E-state index in [0.29, 0.717) is 12.8 Å². The summed E-state index contributed by atoms with van der Waals surface area (Å²) < 4.78 is 0. The van der Waals surface area contributed by atoms with E-state index in [1.807, 2.05) is 0 Å². The van der Waals surface area contributed by atoms with E-state index in [4.69, 9.17) is 0 Å². The van der Waals surface area contributed by atoms with Gasteiger partial charge in [0.25, 0.3) is 0 Å². The minimum atomic E-state index is -1.17. The fourth-order valence-electron chi connectivity index (χ4n) is 7.06. The van der Waals surface area contributed by atoms with E-state index in [1.165, 1.54) is 161 Å². The number of nitrogens with one attached hydrogen (secondary N) is 1. The van der Waals surface area contributed by atoms with E-state index in [1.54, 1.807) is 0 Å². The minimum Gasteiger partial charge on any atom is -0.394 e. The largest absolute Gasteiger partial charge is 0.394 e. The smallest absolute Gasteiger partial charge is 0.220 e. The molecule has 0 aliphatic carbocycles. The highest BCUT2D eigenvalue weighted by Gasteiger charge is 2.26. The summed E-state index contributed by atoms with van der Waals surface area (Å²) in [5, 5.41) is 33.5. The van der Waals surface area contributed by atoms with Gasteiger partial charge in [-0.25, -0.2) is 0 Å². The number of unbranched alkanes of at least 4 members (excludes halogenated alkanes) is 28. The molecule has 5 nitrogen and oxygen atoms in total. The quantitative estimate of drug-likeness (QED) is 0.0370. The minimum absolute atomic E-state index is 0.166. The van der Waals surface area contributed by atoms with Crippen molar-refractivity contribution in [2.75, 3.05) is 6.61 Å². The predicted octanol–water partition coefficient (Wildman–Crippen LogP) is 13.5. The van der Waals surface area contributed by atoms with Gasteiger partial charge in [-0.05, 0) is 77.0 Å². The summed E-state index contributed by atoms with van der Waals surface area (Å²) in [7, 11) is 0. The summed E-state index contributed by atoms with van der Waals surface area (Å²) in [5.41, 5.74) is 0. The molecule has 5 heteroatoms. The maximum absolute atomic E-state index is 12.4. The van der Waals surface area contributed by atoms with E-state index < -0.39 is 18.2 Å². The molecule has 0 aromatic heterocycles. The number of carbonyl (C=O) groups excluding carboxylic acids is 1. The monoisotopic (exact) mass is 746 g/mol. The molecule has 0 spiro atoms. The lowest BCUT2D eigenvalue weighted by Gasteiger charge is -2.26. The van der Waals surface area contributed by atoms with Crippen molar-refractivity contribution in [2.24, 2.45) is 0 Å². The molecule has 0 aromatic rings. The van der Waals surface area contributed by atoms with Crippen LogP contribution < -0.4 is 5.32 Å². The molecular formula is C48H91NO4. The molecule has 0 radical (unpaired) electrons. The van der Waals surface area contributed by atoms with Gasteiger partial charge in [-0.3, -0.25) is 4.79 Å². The molecule has 0 bridgehead atoms. The summed E-state index contributed by atoms with van der Waals surface area (Å²) in [5.74, 6) is -0.166. The van der Waals surface area contributed by atoms with Crippen LogP contribution in [0, 0.1) is 0 Å². The third-order valence-electron chi connectivity index (χ3n) is 10.7. The molecule has 0 rings (SSSR count). The Morgan fingerprint density at radius 2 is 0.774 bits per heavy atom. The molecule has 3 unspecified atom stereocenters. The Labute approximate surface area is 330 Å². The molecule has 0 heterocycles. The molecule has 4 N–H and O–H groups in total. The van der Waals surface area contributed by atoms with E-state index in [0.717, 1.165) is 51.4 Å². The zero-order valence-corrected chi connectivity index (χ0v) is 35.4. The van der Waals surface area contributed by atoms with Crippen LogP contribution >= 0.6 is 0 Å². The van der Waals surface area contributed by atoms with E-state index in [-0.39, 0.29) is 12.5 Å². The van der Waals surface area contributed by atoms with Crippen molar-refractivity contribution in [3.63, 3.8) is 0 Å². The molecule has 1 amide bonds. The number of allylic oxidation sites excluding steroid dienone is 6. The van der Waals surface area contributed by atoms with E-state index >= 15 is 0 Å². The van der Waals surface area contributed by atoms with Crippen molar-refractivity contribution in [3.8, 4) is 0 Å². The van der Waals surface area contributed by atoms with Crippen molar-refractivity contribution in [1.29, 1.82) is 0 Å². The number of amides is 1. The van der Waals surface area contributed by atoms with Crippen molar-refractivity contribution >= 4 is 5.91 Å². The van der Waals surface area contributed by atoms with Gasteiger partial charge < -0.3 is 20.6 Å². The molecule has 0 aromatic carbocycles. The number of hydrogen-bond acceptors (Lipinski definition) is 4. The van der Waals surface area contributed by atoms with Gasteiger partial charge in [0.2, 0.25) is 5.91 Å². The summed E-state index contributed by atoms with van der Waals surface area (Å²) >= 11 is 0.